The van der Waals surface area contributed by atoms with Gasteiger partial charge in [0.25, 0.3) is 0 Å². The molecule has 4 fully saturated rings. The van der Waals surface area contributed by atoms with Gasteiger partial charge in [0.1, 0.15) is 0 Å². The molecule has 1 heterocycles. The number of nitrogens with zero attached hydrogens (tertiary/aromatic N) is 2. The summed E-state index contributed by atoms with van der Waals surface area (Å²) >= 11 is 1.36. The normalized spacial score (nSPS) is 31.2. The molecule has 4 aliphatic rings. The van der Waals surface area contributed by atoms with Gasteiger partial charge in [-0.3, -0.25) is 10.1 Å². The van der Waals surface area contributed by atoms with E-state index in [-0.39, 0.29) is 11.1 Å². The number of anilines is 1. The van der Waals surface area contributed by atoms with Crippen molar-refractivity contribution < 1.29 is 15.1 Å². The second kappa shape index (κ2) is 5.82. The Hall–Kier alpha value is -2.35. The Labute approximate surface area is 160 Å². The van der Waals surface area contributed by atoms with Crippen molar-refractivity contribution in [1.82, 2.24) is 4.98 Å². The third kappa shape index (κ3) is 2.74. The Morgan fingerprint density at radius 2 is 1.78 bits per heavy atom. The number of hydrogen-bond donors (Lipinski definition) is 3. The summed E-state index contributed by atoms with van der Waals surface area (Å²) < 4.78 is 0. The molecular weight excluding hydrogens is 366 g/mol. The molecular formula is C19H21N3O4S. The SMILES string of the molecule is O=[N+]([O-])c1c(-c2cnc(NC34CC5CC(CC(C5)C3)C4)s2)ccc(O)c1O. The van der Waals surface area contributed by atoms with Crippen LogP contribution >= 0.6 is 11.3 Å². The fourth-order valence-corrected chi connectivity index (χ4v) is 6.86. The van der Waals surface area contributed by atoms with E-state index < -0.39 is 22.1 Å². The summed E-state index contributed by atoms with van der Waals surface area (Å²) in [5.41, 5.74) is -0.0984. The molecule has 2 aromatic rings. The fraction of sp³-hybridized carbons (Fsp3) is 0.526. The molecule has 0 amide bonds. The van der Waals surface area contributed by atoms with Crippen molar-refractivity contribution in [3.05, 3.63) is 28.4 Å². The second-order valence-electron chi connectivity index (χ2n) is 8.44. The summed E-state index contributed by atoms with van der Waals surface area (Å²) in [6.07, 6.45) is 9.26. The van der Waals surface area contributed by atoms with Crippen LogP contribution in [0.25, 0.3) is 10.4 Å². The number of phenols is 2. The third-order valence-electron chi connectivity index (χ3n) is 6.49. The van der Waals surface area contributed by atoms with E-state index in [0.717, 1.165) is 22.9 Å². The van der Waals surface area contributed by atoms with Crippen molar-refractivity contribution in [1.29, 1.82) is 0 Å². The van der Waals surface area contributed by atoms with Gasteiger partial charge in [0, 0.05) is 11.7 Å². The molecule has 8 heteroatoms. The summed E-state index contributed by atoms with van der Waals surface area (Å²) in [4.78, 5) is 15.8. The standard InChI is InChI=1S/C19H21N3O4S/c23-14-2-1-13(16(17(14)24)22(25)26)15-9-20-18(27-15)21-19-6-10-3-11(7-19)5-12(4-10)8-19/h1-2,9-12,23-24H,3-8H2,(H,20,21). The molecule has 0 aliphatic heterocycles. The number of nitro groups is 1. The predicted molar refractivity (Wildman–Crippen MR) is 102 cm³/mol. The van der Waals surface area contributed by atoms with Crippen LogP contribution in [0.4, 0.5) is 10.8 Å². The highest BCUT2D eigenvalue weighted by atomic mass is 32.1. The number of thiazole rings is 1. The molecule has 0 radical (unpaired) electrons. The van der Waals surface area contributed by atoms with Crippen LogP contribution in [0, 0.1) is 27.9 Å². The maximum atomic E-state index is 11.4. The van der Waals surface area contributed by atoms with E-state index in [0.29, 0.717) is 4.88 Å². The number of nitrogens with one attached hydrogen (secondary N) is 1. The molecule has 0 saturated heterocycles. The molecule has 27 heavy (non-hydrogen) atoms. The first-order valence-corrected chi connectivity index (χ1v) is 10.2. The Balaban J connectivity index is 1.45. The van der Waals surface area contributed by atoms with E-state index in [9.17, 15) is 20.3 Å². The quantitative estimate of drug-likeness (QED) is 0.405. The minimum absolute atomic E-state index is 0.118. The summed E-state index contributed by atoms with van der Waals surface area (Å²) in [6.45, 7) is 0. The smallest absolute Gasteiger partial charge is 0.323 e. The number of aromatic hydroxyl groups is 2. The average Bonchev–Trinajstić information content (AvgIpc) is 3.03. The molecule has 0 atom stereocenters. The molecule has 142 valence electrons. The first-order valence-electron chi connectivity index (χ1n) is 9.36. The first kappa shape index (κ1) is 16.8. The lowest BCUT2D eigenvalue weighted by molar-refractivity contribution is -0.385. The molecule has 1 aromatic heterocycles. The first-order chi connectivity index (χ1) is 12.9. The van der Waals surface area contributed by atoms with Crippen LogP contribution in [0.5, 0.6) is 11.5 Å². The Morgan fingerprint density at radius 3 is 2.37 bits per heavy atom. The summed E-state index contributed by atoms with van der Waals surface area (Å²) in [7, 11) is 0. The van der Waals surface area contributed by atoms with E-state index in [1.807, 2.05) is 0 Å². The lowest BCUT2D eigenvalue weighted by Crippen LogP contribution is -2.54. The molecule has 6 rings (SSSR count). The fourth-order valence-electron chi connectivity index (χ4n) is 5.90. The van der Waals surface area contributed by atoms with Gasteiger partial charge in [0.15, 0.2) is 10.9 Å². The van der Waals surface area contributed by atoms with Gasteiger partial charge in [0.2, 0.25) is 5.75 Å². The highest BCUT2D eigenvalue weighted by Crippen LogP contribution is 2.57. The number of nitro benzene ring substituents is 1. The highest BCUT2D eigenvalue weighted by Gasteiger charge is 2.51. The zero-order valence-electron chi connectivity index (χ0n) is 14.7. The van der Waals surface area contributed by atoms with Crippen molar-refractivity contribution >= 4 is 22.2 Å². The zero-order valence-corrected chi connectivity index (χ0v) is 15.5. The van der Waals surface area contributed by atoms with Gasteiger partial charge >= 0.3 is 5.69 Å². The van der Waals surface area contributed by atoms with Crippen LogP contribution in [0.1, 0.15) is 38.5 Å². The maximum absolute atomic E-state index is 11.4. The number of hydrogen-bond acceptors (Lipinski definition) is 7. The van der Waals surface area contributed by atoms with Crippen LogP contribution in [-0.2, 0) is 0 Å². The highest BCUT2D eigenvalue weighted by molar-refractivity contribution is 7.19. The van der Waals surface area contributed by atoms with Crippen LogP contribution in [0.15, 0.2) is 18.3 Å². The number of rotatable bonds is 4. The zero-order chi connectivity index (χ0) is 18.8. The average molecular weight is 387 g/mol. The van der Waals surface area contributed by atoms with Gasteiger partial charge in [-0.05, 0) is 68.4 Å². The lowest BCUT2D eigenvalue weighted by Gasteiger charge is -2.56. The number of benzene rings is 1. The number of aromatic nitrogens is 1. The molecule has 4 saturated carbocycles. The van der Waals surface area contributed by atoms with Gasteiger partial charge in [0.05, 0.1) is 15.4 Å². The summed E-state index contributed by atoms with van der Waals surface area (Å²) in [6, 6.07) is 2.72. The molecule has 0 unspecified atom stereocenters. The molecule has 4 bridgehead atoms. The van der Waals surface area contributed by atoms with E-state index >= 15 is 0 Å². The Morgan fingerprint density at radius 1 is 1.15 bits per heavy atom. The predicted octanol–water partition coefficient (Wildman–Crippen LogP) is 4.51. The molecule has 7 nitrogen and oxygen atoms in total. The van der Waals surface area contributed by atoms with Crippen molar-refractivity contribution in [2.24, 2.45) is 17.8 Å². The van der Waals surface area contributed by atoms with Crippen molar-refractivity contribution in [3.63, 3.8) is 0 Å². The van der Waals surface area contributed by atoms with Crippen molar-refractivity contribution in [3.8, 4) is 21.9 Å². The van der Waals surface area contributed by atoms with Crippen LogP contribution in [0.2, 0.25) is 0 Å². The van der Waals surface area contributed by atoms with Gasteiger partial charge in [-0.15, -0.1) is 0 Å². The van der Waals surface area contributed by atoms with E-state index in [2.05, 4.69) is 10.3 Å². The maximum Gasteiger partial charge on any atom is 0.323 e. The van der Waals surface area contributed by atoms with Crippen LogP contribution < -0.4 is 5.32 Å². The van der Waals surface area contributed by atoms with Gasteiger partial charge in [-0.1, -0.05) is 11.3 Å². The largest absolute Gasteiger partial charge is 0.504 e. The van der Waals surface area contributed by atoms with Gasteiger partial charge < -0.3 is 15.5 Å². The Bertz CT molecular complexity index is 890. The molecule has 4 aliphatic carbocycles. The van der Waals surface area contributed by atoms with E-state index in [1.165, 1.54) is 62.0 Å². The molecule has 0 spiro atoms. The van der Waals surface area contributed by atoms with E-state index in [4.69, 9.17) is 0 Å². The van der Waals surface area contributed by atoms with Crippen molar-refractivity contribution in [2.75, 3.05) is 5.32 Å². The molecule has 1 aromatic carbocycles. The van der Waals surface area contributed by atoms with Crippen LogP contribution in [0.3, 0.4) is 0 Å². The van der Waals surface area contributed by atoms with Crippen LogP contribution in [-0.4, -0.2) is 25.7 Å². The summed E-state index contributed by atoms with van der Waals surface area (Å²) in [5, 5.41) is 35.3. The monoisotopic (exact) mass is 387 g/mol. The summed E-state index contributed by atoms with van der Waals surface area (Å²) in [5.74, 6) is 1.25. The van der Waals surface area contributed by atoms with Crippen molar-refractivity contribution in [2.45, 2.75) is 44.1 Å². The second-order valence-corrected chi connectivity index (χ2v) is 9.47. The minimum atomic E-state index is -0.707. The lowest BCUT2D eigenvalue weighted by atomic mass is 9.53. The topological polar surface area (TPSA) is 109 Å². The number of phenolic OH excluding ortho intramolecular Hbond substituents is 2. The minimum Gasteiger partial charge on any atom is -0.504 e. The Kier molecular flexibility index (Phi) is 3.62. The van der Waals surface area contributed by atoms with E-state index in [1.54, 1.807) is 6.20 Å². The van der Waals surface area contributed by atoms with Gasteiger partial charge in [-0.25, -0.2) is 4.98 Å². The molecule has 3 N–H and O–H groups in total. The third-order valence-corrected chi connectivity index (χ3v) is 7.44. The van der Waals surface area contributed by atoms with Gasteiger partial charge in [-0.2, -0.15) is 0 Å².